The molecule has 0 aliphatic carbocycles. The lowest BCUT2D eigenvalue weighted by Crippen LogP contribution is -2.23. The molecular formula is C25H23N3O3. The number of hydrogen-bond acceptors (Lipinski definition) is 5. The Morgan fingerprint density at radius 1 is 0.871 bits per heavy atom. The molecule has 0 unspecified atom stereocenters. The Kier molecular flexibility index (Phi) is 5.98. The Balaban J connectivity index is 1.59. The number of methoxy groups -OCH3 is 2. The smallest absolute Gasteiger partial charge is 0.253 e. The molecule has 2 N–H and O–H groups in total. The Hall–Kier alpha value is -4.06. The average Bonchev–Trinajstić information content (AvgIpc) is 2.83. The highest BCUT2D eigenvalue weighted by molar-refractivity contribution is 6.09. The number of para-hydroxylation sites is 2. The van der Waals surface area contributed by atoms with Gasteiger partial charge in [0.2, 0.25) is 0 Å². The predicted molar refractivity (Wildman–Crippen MR) is 122 cm³/mol. The molecule has 3 aromatic carbocycles. The van der Waals surface area contributed by atoms with E-state index in [-0.39, 0.29) is 5.91 Å². The minimum Gasteiger partial charge on any atom is -0.497 e. The number of aromatic nitrogens is 1. The molecule has 0 bridgehead atoms. The van der Waals surface area contributed by atoms with E-state index >= 15 is 0 Å². The fourth-order valence-corrected chi connectivity index (χ4v) is 3.37. The number of nitrogens with one attached hydrogen (secondary N) is 2. The summed E-state index contributed by atoms with van der Waals surface area (Å²) in [6, 6.07) is 22.9. The zero-order valence-electron chi connectivity index (χ0n) is 17.4. The molecule has 0 aliphatic heterocycles. The number of carbonyl (C=O) groups is 1. The number of hydrogen-bond donors (Lipinski definition) is 2. The van der Waals surface area contributed by atoms with E-state index in [1.165, 1.54) is 0 Å². The fourth-order valence-electron chi connectivity index (χ4n) is 3.37. The minimum atomic E-state index is -0.177. The van der Waals surface area contributed by atoms with Crippen molar-refractivity contribution in [1.82, 2.24) is 10.3 Å². The van der Waals surface area contributed by atoms with Crippen molar-refractivity contribution < 1.29 is 14.3 Å². The van der Waals surface area contributed by atoms with Gasteiger partial charge in [0.15, 0.2) is 0 Å². The van der Waals surface area contributed by atoms with Crippen LogP contribution in [0.15, 0.2) is 79.0 Å². The molecule has 1 amide bonds. The molecule has 156 valence electrons. The van der Waals surface area contributed by atoms with E-state index in [0.717, 1.165) is 33.5 Å². The lowest BCUT2D eigenvalue weighted by molar-refractivity contribution is 0.0952. The van der Waals surface area contributed by atoms with Crippen molar-refractivity contribution in [3.8, 4) is 11.5 Å². The summed E-state index contributed by atoms with van der Waals surface area (Å²) in [7, 11) is 3.25. The SMILES string of the molecule is COc1ccc(CNC(=O)c2cnc(Nc3ccccc3OC)c3ccccc23)cc1. The molecule has 1 heterocycles. The van der Waals surface area contributed by atoms with Crippen molar-refractivity contribution in [1.29, 1.82) is 0 Å². The van der Waals surface area contributed by atoms with Crippen LogP contribution < -0.4 is 20.1 Å². The van der Waals surface area contributed by atoms with Crippen LogP contribution in [0, 0.1) is 0 Å². The molecule has 0 atom stereocenters. The molecule has 0 spiro atoms. The van der Waals surface area contributed by atoms with Gasteiger partial charge < -0.3 is 20.1 Å². The van der Waals surface area contributed by atoms with Gasteiger partial charge in [0, 0.05) is 18.1 Å². The largest absolute Gasteiger partial charge is 0.497 e. The number of carbonyl (C=O) groups excluding carboxylic acids is 1. The summed E-state index contributed by atoms with van der Waals surface area (Å²) in [5.41, 5.74) is 2.31. The Morgan fingerprint density at radius 2 is 1.58 bits per heavy atom. The molecule has 4 rings (SSSR count). The summed E-state index contributed by atoms with van der Waals surface area (Å²) in [6.07, 6.45) is 1.60. The van der Waals surface area contributed by atoms with Crippen LogP contribution >= 0.6 is 0 Å². The third kappa shape index (κ3) is 4.43. The molecule has 0 saturated carbocycles. The molecule has 6 heteroatoms. The quantitative estimate of drug-likeness (QED) is 0.450. The molecular weight excluding hydrogens is 390 g/mol. The molecule has 6 nitrogen and oxygen atoms in total. The molecule has 1 aromatic heterocycles. The predicted octanol–water partition coefficient (Wildman–Crippen LogP) is 4.93. The Morgan fingerprint density at radius 3 is 2.32 bits per heavy atom. The van der Waals surface area contributed by atoms with E-state index in [2.05, 4.69) is 15.6 Å². The van der Waals surface area contributed by atoms with Crippen molar-refractivity contribution >= 4 is 28.2 Å². The highest BCUT2D eigenvalue weighted by Gasteiger charge is 2.14. The summed E-state index contributed by atoms with van der Waals surface area (Å²) in [6.45, 7) is 0.415. The van der Waals surface area contributed by atoms with Crippen LogP contribution in [0.4, 0.5) is 11.5 Å². The van der Waals surface area contributed by atoms with E-state index in [4.69, 9.17) is 9.47 Å². The number of rotatable bonds is 7. The zero-order valence-corrected chi connectivity index (χ0v) is 17.4. The monoisotopic (exact) mass is 413 g/mol. The third-order valence-electron chi connectivity index (χ3n) is 5.01. The van der Waals surface area contributed by atoms with Crippen molar-refractivity contribution in [2.24, 2.45) is 0 Å². The molecule has 4 aromatic rings. The van der Waals surface area contributed by atoms with Crippen LogP contribution in [0.1, 0.15) is 15.9 Å². The van der Waals surface area contributed by atoms with Gasteiger partial charge in [0.05, 0.1) is 25.5 Å². The number of fused-ring (bicyclic) bond motifs is 1. The standard InChI is InChI=1S/C25H23N3O3/c1-30-18-13-11-17(12-14-18)15-27-25(29)21-16-26-24(20-8-4-3-7-19(20)21)28-22-9-5-6-10-23(22)31-2/h3-14,16H,15H2,1-2H3,(H,26,28)(H,27,29). The number of amides is 1. The van der Waals surface area contributed by atoms with Crippen molar-refractivity contribution in [2.45, 2.75) is 6.54 Å². The van der Waals surface area contributed by atoms with E-state index in [1.807, 2.05) is 72.8 Å². The van der Waals surface area contributed by atoms with Crippen LogP contribution in [0.25, 0.3) is 10.8 Å². The molecule has 0 radical (unpaired) electrons. The van der Waals surface area contributed by atoms with Crippen molar-refractivity contribution in [3.05, 3.63) is 90.1 Å². The van der Waals surface area contributed by atoms with Crippen molar-refractivity contribution in [2.75, 3.05) is 19.5 Å². The first kappa shape index (κ1) is 20.2. The van der Waals surface area contributed by atoms with Gasteiger partial charge >= 0.3 is 0 Å². The third-order valence-corrected chi connectivity index (χ3v) is 5.01. The van der Waals surface area contributed by atoms with Gasteiger partial charge in [-0.15, -0.1) is 0 Å². The Labute approximate surface area is 180 Å². The summed E-state index contributed by atoms with van der Waals surface area (Å²) >= 11 is 0. The zero-order chi connectivity index (χ0) is 21.6. The van der Waals surface area contributed by atoms with E-state index < -0.39 is 0 Å². The lowest BCUT2D eigenvalue weighted by Gasteiger charge is -2.14. The number of pyridine rings is 1. The van der Waals surface area contributed by atoms with E-state index in [1.54, 1.807) is 20.4 Å². The van der Waals surface area contributed by atoms with Crippen LogP contribution in [0.5, 0.6) is 11.5 Å². The number of ether oxygens (including phenoxy) is 2. The van der Waals surface area contributed by atoms with Crippen LogP contribution in [-0.4, -0.2) is 25.1 Å². The number of anilines is 2. The average molecular weight is 413 g/mol. The summed E-state index contributed by atoms with van der Waals surface area (Å²) in [5, 5.41) is 7.97. The van der Waals surface area contributed by atoms with Crippen LogP contribution in [0.2, 0.25) is 0 Å². The normalized spacial score (nSPS) is 10.5. The molecule has 31 heavy (non-hydrogen) atoms. The van der Waals surface area contributed by atoms with E-state index in [9.17, 15) is 4.79 Å². The van der Waals surface area contributed by atoms with Gasteiger partial charge in [-0.25, -0.2) is 4.98 Å². The lowest BCUT2D eigenvalue weighted by atomic mass is 10.1. The molecule has 0 saturated heterocycles. The Bertz CT molecular complexity index is 1210. The highest BCUT2D eigenvalue weighted by Crippen LogP contribution is 2.31. The number of nitrogens with zero attached hydrogens (tertiary/aromatic N) is 1. The van der Waals surface area contributed by atoms with Gasteiger partial charge in [-0.05, 0) is 35.2 Å². The van der Waals surface area contributed by atoms with Gasteiger partial charge in [-0.3, -0.25) is 4.79 Å². The topological polar surface area (TPSA) is 72.5 Å². The first-order chi connectivity index (χ1) is 15.2. The van der Waals surface area contributed by atoms with Crippen molar-refractivity contribution in [3.63, 3.8) is 0 Å². The maximum Gasteiger partial charge on any atom is 0.253 e. The minimum absolute atomic E-state index is 0.177. The summed E-state index contributed by atoms with van der Waals surface area (Å²) in [4.78, 5) is 17.4. The second-order valence-corrected chi connectivity index (χ2v) is 6.92. The van der Waals surface area contributed by atoms with Gasteiger partial charge in [-0.1, -0.05) is 48.5 Å². The second-order valence-electron chi connectivity index (χ2n) is 6.92. The van der Waals surface area contributed by atoms with Gasteiger partial charge in [0.25, 0.3) is 5.91 Å². The molecule has 0 aliphatic rings. The molecule has 0 fully saturated rings. The van der Waals surface area contributed by atoms with Gasteiger partial charge in [0.1, 0.15) is 17.3 Å². The van der Waals surface area contributed by atoms with Crippen LogP contribution in [0.3, 0.4) is 0 Å². The first-order valence-corrected chi connectivity index (χ1v) is 9.88. The highest BCUT2D eigenvalue weighted by atomic mass is 16.5. The maximum absolute atomic E-state index is 12.9. The summed E-state index contributed by atoms with van der Waals surface area (Å²) in [5.74, 6) is 1.98. The fraction of sp³-hybridized carbons (Fsp3) is 0.120. The first-order valence-electron chi connectivity index (χ1n) is 9.88. The number of benzene rings is 3. The maximum atomic E-state index is 12.9. The van der Waals surface area contributed by atoms with E-state index in [0.29, 0.717) is 17.9 Å². The summed E-state index contributed by atoms with van der Waals surface area (Å²) < 4.78 is 10.6. The van der Waals surface area contributed by atoms with Gasteiger partial charge in [-0.2, -0.15) is 0 Å². The van der Waals surface area contributed by atoms with Crippen LogP contribution in [-0.2, 0) is 6.54 Å². The second kappa shape index (κ2) is 9.17.